The highest BCUT2D eigenvalue weighted by Crippen LogP contribution is 2.59. The van der Waals surface area contributed by atoms with Crippen molar-refractivity contribution in [3.63, 3.8) is 0 Å². The number of aliphatic hydroxyl groups is 4. The third kappa shape index (κ3) is 3.84. The van der Waals surface area contributed by atoms with Gasteiger partial charge in [0.25, 0.3) is 0 Å². The van der Waals surface area contributed by atoms with Crippen LogP contribution in [-0.2, 0) is 15.9 Å². The maximum absolute atomic E-state index is 10.8. The Morgan fingerprint density at radius 2 is 1.93 bits per heavy atom. The Bertz CT molecular complexity index is 1450. The second-order valence-electron chi connectivity index (χ2n) is 11.9. The minimum absolute atomic E-state index is 0.0619. The van der Waals surface area contributed by atoms with Crippen LogP contribution in [0.5, 0.6) is 0 Å². The number of ether oxygens (including phenoxy) is 2. The van der Waals surface area contributed by atoms with Gasteiger partial charge >= 0.3 is 0 Å². The van der Waals surface area contributed by atoms with Gasteiger partial charge in [0.1, 0.15) is 30.6 Å². The molecule has 0 spiro atoms. The summed E-state index contributed by atoms with van der Waals surface area (Å²) < 4.78 is 12.4. The van der Waals surface area contributed by atoms with Gasteiger partial charge in [0.05, 0.1) is 12.6 Å². The van der Waals surface area contributed by atoms with E-state index in [4.69, 9.17) is 14.5 Å². The zero-order valence-electron chi connectivity index (χ0n) is 22.9. The predicted molar refractivity (Wildman–Crippen MR) is 147 cm³/mol. The van der Waals surface area contributed by atoms with Crippen molar-refractivity contribution in [2.75, 3.05) is 6.61 Å². The molecule has 1 aromatic carbocycles. The van der Waals surface area contributed by atoms with Gasteiger partial charge in [-0.25, -0.2) is 0 Å². The number of nitrogens with zero attached hydrogens (tertiary/aromatic N) is 2. The first-order chi connectivity index (χ1) is 19.3. The Morgan fingerprint density at radius 1 is 1.12 bits per heavy atom. The van der Waals surface area contributed by atoms with Crippen molar-refractivity contribution in [2.45, 2.75) is 88.5 Å². The van der Waals surface area contributed by atoms with Gasteiger partial charge in [-0.2, -0.15) is 0 Å². The number of hydrogen-bond donors (Lipinski definition) is 5. The fourth-order valence-electron chi connectivity index (χ4n) is 7.92. The first kappa shape index (κ1) is 26.3. The molecule has 9 nitrogen and oxygen atoms in total. The topological polar surface area (TPSA) is 131 Å². The molecule has 8 rings (SSSR count). The third-order valence-corrected chi connectivity index (χ3v) is 9.55. The molecule has 5 aliphatic rings. The van der Waals surface area contributed by atoms with Crippen LogP contribution in [0, 0.1) is 19.8 Å². The van der Waals surface area contributed by atoms with E-state index in [9.17, 15) is 20.4 Å². The minimum Gasteiger partial charge on any atom is -0.394 e. The Kier molecular flexibility index (Phi) is 6.40. The summed E-state index contributed by atoms with van der Waals surface area (Å²) >= 11 is 0. The summed E-state index contributed by atoms with van der Waals surface area (Å²) in [5.41, 5.74) is 8.03. The Morgan fingerprint density at radius 3 is 2.67 bits per heavy atom. The van der Waals surface area contributed by atoms with Crippen LogP contribution in [-0.4, -0.2) is 84.9 Å². The summed E-state index contributed by atoms with van der Waals surface area (Å²) in [7, 11) is 0. The lowest BCUT2D eigenvalue weighted by Crippen LogP contribution is -2.66. The van der Waals surface area contributed by atoms with Crippen molar-refractivity contribution in [1.82, 2.24) is 14.9 Å². The molecule has 2 aromatic heterocycles. The Hall–Kier alpha value is -2.63. The molecule has 5 aliphatic heterocycles. The summed E-state index contributed by atoms with van der Waals surface area (Å²) in [6.07, 6.45) is -3.33. The number of aromatic nitrogens is 2. The lowest BCUT2D eigenvalue weighted by atomic mass is 9.62. The van der Waals surface area contributed by atoms with Crippen molar-refractivity contribution >= 4 is 10.9 Å². The number of rotatable bonds is 4. The monoisotopic (exact) mass is 547 g/mol. The number of pyridine rings is 1. The van der Waals surface area contributed by atoms with Gasteiger partial charge in [0.15, 0.2) is 6.29 Å². The number of aromatic amines is 1. The van der Waals surface area contributed by atoms with Crippen LogP contribution < -0.4 is 0 Å². The van der Waals surface area contributed by atoms with Crippen LogP contribution >= 0.6 is 0 Å². The van der Waals surface area contributed by atoms with Gasteiger partial charge in [-0.05, 0) is 74.4 Å². The van der Waals surface area contributed by atoms with Crippen LogP contribution in [0.2, 0.25) is 0 Å². The van der Waals surface area contributed by atoms with Crippen LogP contribution in [0.4, 0.5) is 0 Å². The molecule has 10 unspecified atom stereocenters. The number of nitrogens with one attached hydrogen (secondary N) is 1. The van der Waals surface area contributed by atoms with Crippen molar-refractivity contribution in [3.05, 3.63) is 76.3 Å². The number of H-pyrrole nitrogens is 1. The molecule has 4 saturated heterocycles. The minimum atomic E-state index is -1.49. The summed E-state index contributed by atoms with van der Waals surface area (Å²) in [4.78, 5) is 11.1. The molecule has 40 heavy (non-hydrogen) atoms. The number of para-hydroxylation sites is 1. The lowest BCUT2D eigenvalue weighted by Gasteiger charge is -2.62. The van der Waals surface area contributed by atoms with E-state index in [1.54, 1.807) is 0 Å². The highest BCUT2D eigenvalue weighted by Gasteiger charge is 2.59. The number of fused-ring (bicyclic) bond motifs is 4. The Balaban J connectivity index is 1.33. The van der Waals surface area contributed by atoms with Gasteiger partial charge in [-0.15, -0.1) is 0 Å². The molecule has 7 heterocycles. The van der Waals surface area contributed by atoms with E-state index < -0.39 is 43.5 Å². The van der Waals surface area contributed by atoms with E-state index in [0.29, 0.717) is 0 Å². The molecule has 212 valence electrons. The summed E-state index contributed by atoms with van der Waals surface area (Å²) in [6, 6.07) is 12.9. The Labute approximate surface area is 233 Å². The first-order valence-corrected chi connectivity index (χ1v) is 14.2. The number of aryl methyl sites for hydroxylation is 2. The fourth-order valence-corrected chi connectivity index (χ4v) is 7.92. The maximum Gasteiger partial charge on any atom is 0.188 e. The number of allylic oxidation sites excluding steroid dienone is 1. The molecule has 0 saturated carbocycles. The molecule has 0 radical (unpaired) electrons. The largest absolute Gasteiger partial charge is 0.394 e. The maximum atomic E-state index is 10.8. The number of piperidine rings is 3. The van der Waals surface area contributed by atoms with E-state index in [1.807, 2.05) is 19.9 Å². The molecule has 0 amide bonds. The van der Waals surface area contributed by atoms with Crippen molar-refractivity contribution in [1.29, 1.82) is 0 Å². The molecule has 9 heteroatoms. The standard InChI is InChI=1S/C31H37N3O6/c1-4-16-18-11-23-26-19(17-7-5-6-8-20(17)33-26)12-22(25(18)21-10-14(2)9-15(3)32-21)34(23)30(16)40-31-29(38)28(37)27(36)24(13-35)39-31/h4-10,18,22-25,27-31,33,35-38H,11-13H2,1-3H3/b16-4+/t18?,22?,23-,24?,25?,27?,28?,29?,30?,31?/m0/s1. The average molecular weight is 548 g/mol. The van der Waals surface area contributed by atoms with Crippen molar-refractivity contribution < 1.29 is 29.9 Å². The van der Waals surface area contributed by atoms with Gasteiger partial charge in [-0.3, -0.25) is 9.88 Å². The van der Waals surface area contributed by atoms with E-state index in [1.165, 1.54) is 22.2 Å². The highest BCUT2D eigenvalue weighted by atomic mass is 16.7. The summed E-state index contributed by atoms with van der Waals surface area (Å²) in [5, 5.41) is 42.6. The van der Waals surface area contributed by atoms with Crippen molar-refractivity contribution in [3.8, 4) is 0 Å². The van der Waals surface area contributed by atoms with E-state index in [2.05, 4.69) is 53.2 Å². The summed E-state index contributed by atoms with van der Waals surface area (Å²) in [5.74, 6) is 0.297. The third-order valence-electron chi connectivity index (χ3n) is 9.55. The highest BCUT2D eigenvalue weighted by molar-refractivity contribution is 5.85. The van der Waals surface area contributed by atoms with Crippen LogP contribution in [0.25, 0.3) is 10.9 Å². The normalized spacial score (nSPS) is 39.6. The molecule has 0 aliphatic carbocycles. The zero-order valence-corrected chi connectivity index (χ0v) is 22.9. The molecular formula is C31H37N3O6. The molecule has 4 fully saturated rings. The van der Waals surface area contributed by atoms with Gasteiger partial charge < -0.3 is 34.9 Å². The lowest BCUT2D eigenvalue weighted by molar-refractivity contribution is -0.329. The summed E-state index contributed by atoms with van der Waals surface area (Å²) in [6.45, 7) is 5.67. The molecular weight excluding hydrogens is 510 g/mol. The smallest absolute Gasteiger partial charge is 0.188 e. The molecule has 5 N–H and O–H groups in total. The van der Waals surface area contributed by atoms with Gasteiger partial charge in [-0.1, -0.05) is 24.3 Å². The quantitative estimate of drug-likeness (QED) is 0.315. The van der Waals surface area contributed by atoms with Gasteiger partial charge in [0, 0.05) is 39.9 Å². The van der Waals surface area contributed by atoms with Crippen LogP contribution in [0.1, 0.15) is 53.5 Å². The first-order valence-electron chi connectivity index (χ1n) is 14.2. The van der Waals surface area contributed by atoms with Crippen LogP contribution in [0.3, 0.4) is 0 Å². The SMILES string of the molecule is C/C=C1\C2C[C@H]3c4[nH]c5ccccc5c4CC(C2c2cc(C)cc(C)n2)N3C1OC1OC(CO)C(O)C(O)C1O. The average Bonchev–Trinajstić information content (AvgIpc) is 3.31. The van der Waals surface area contributed by atoms with E-state index in [-0.39, 0.29) is 23.9 Å². The molecule has 11 atom stereocenters. The fraction of sp³-hybridized carbons (Fsp3) is 0.516. The van der Waals surface area contributed by atoms with Crippen LogP contribution in [0.15, 0.2) is 48.0 Å². The zero-order chi connectivity index (χ0) is 27.9. The van der Waals surface area contributed by atoms with Gasteiger partial charge in [0.2, 0.25) is 0 Å². The predicted octanol–water partition coefficient (Wildman–Crippen LogP) is 2.35. The van der Waals surface area contributed by atoms with E-state index >= 15 is 0 Å². The van der Waals surface area contributed by atoms with E-state index in [0.717, 1.165) is 35.3 Å². The number of benzene rings is 1. The number of hydrogen-bond acceptors (Lipinski definition) is 8. The van der Waals surface area contributed by atoms with Crippen molar-refractivity contribution in [2.24, 2.45) is 5.92 Å². The number of aliphatic hydroxyl groups excluding tert-OH is 4. The second-order valence-corrected chi connectivity index (χ2v) is 11.9. The molecule has 4 bridgehead atoms. The second kappa shape index (κ2) is 9.73. The molecule has 3 aromatic rings.